The summed E-state index contributed by atoms with van der Waals surface area (Å²) in [5, 5.41) is 14.5. The van der Waals surface area contributed by atoms with E-state index in [0.29, 0.717) is 5.02 Å². The van der Waals surface area contributed by atoms with Crippen molar-refractivity contribution in [2.75, 3.05) is 13.1 Å². The first-order valence-electron chi connectivity index (χ1n) is 5.40. The van der Waals surface area contributed by atoms with Gasteiger partial charge in [0.2, 0.25) is 0 Å². The topological polar surface area (TPSA) is 32.3 Å². The third kappa shape index (κ3) is 3.11. The molecular formula is C12H17Cl2NO. The van der Waals surface area contributed by atoms with Crippen molar-refractivity contribution in [1.82, 2.24) is 5.32 Å². The van der Waals surface area contributed by atoms with Crippen LogP contribution < -0.4 is 5.32 Å². The van der Waals surface area contributed by atoms with E-state index in [1.54, 1.807) is 0 Å². The molecule has 1 atom stereocenters. The Morgan fingerprint density at radius 2 is 1.81 bits per heavy atom. The van der Waals surface area contributed by atoms with E-state index < -0.39 is 5.60 Å². The Labute approximate surface area is 107 Å². The zero-order chi connectivity index (χ0) is 10.7. The summed E-state index contributed by atoms with van der Waals surface area (Å²) in [5.41, 5.74) is 0.310. The van der Waals surface area contributed by atoms with Crippen LogP contribution in [0.15, 0.2) is 24.3 Å². The second kappa shape index (κ2) is 5.87. The predicted molar refractivity (Wildman–Crippen MR) is 69.3 cm³/mol. The lowest BCUT2D eigenvalue weighted by molar-refractivity contribution is 0.0240. The van der Waals surface area contributed by atoms with Gasteiger partial charge in [-0.2, -0.15) is 0 Å². The van der Waals surface area contributed by atoms with Crippen molar-refractivity contribution in [3.8, 4) is 0 Å². The lowest BCUT2D eigenvalue weighted by Crippen LogP contribution is -2.26. The number of rotatable bonds is 1. The highest BCUT2D eigenvalue weighted by atomic mass is 35.5. The van der Waals surface area contributed by atoms with Gasteiger partial charge in [0.15, 0.2) is 0 Å². The van der Waals surface area contributed by atoms with E-state index in [4.69, 9.17) is 11.6 Å². The van der Waals surface area contributed by atoms with Crippen LogP contribution in [0.1, 0.15) is 24.8 Å². The largest absolute Gasteiger partial charge is 0.385 e. The Bertz CT molecular complexity index is 318. The molecule has 1 unspecified atom stereocenters. The van der Waals surface area contributed by atoms with Crippen LogP contribution in [0, 0.1) is 0 Å². The van der Waals surface area contributed by atoms with Crippen molar-refractivity contribution in [2.45, 2.75) is 24.9 Å². The Balaban J connectivity index is 0.00000128. The molecule has 0 aromatic heterocycles. The summed E-state index contributed by atoms with van der Waals surface area (Å²) in [6, 6.07) is 7.53. The summed E-state index contributed by atoms with van der Waals surface area (Å²) < 4.78 is 0. The molecule has 1 heterocycles. The number of hydrogen-bond acceptors (Lipinski definition) is 2. The van der Waals surface area contributed by atoms with Crippen molar-refractivity contribution in [1.29, 1.82) is 0 Å². The predicted octanol–water partition coefficient (Wildman–Crippen LogP) is 2.72. The van der Waals surface area contributed by atoms with Crippen LogP contribution in [0.2, 0.25) is 5.02 Å². The maximum absolute atomic E-state index is 10.5. The number of halogens is 2. The lowest BCUT2D eigenvalue weighted by Gasteiger charge is -2.26. The smallest absolute Gasteiger partial charge is 0.0909 e. The highest BCUT2D eigenvalue weighted by Gasteiger charge is 2.29. The van der Waals surface area contributed by atoms with Gasteiger partial charge in [-0.25, -0.2) is 0 Å². The van der Waals surface area contributed by atoms with E-state index in [-0.39, 0.29) is 12.4 Å². The van der Waals surface area contributed by atoms with Gasteiger partial charge >= 0.3 is 0 Å². The molecule has 2 nitrogen and oxygen atoms in total. The first-order valence-corrected chi connectivity index (χ1v) is 5.78. The quantitative estimate of drug-likeness (QED) is 0.815. The van der Waals surface area contributed by atoms with Gasteiger partial charge in [0, 0.05) is 5.02 Å². The molecule has 2 N–H and O–H groups in total. The first-order chi connectivity index (χ1) is 7.21. The van der Waals surface area contributed by atoms with Crippen LogP contribution in [-0.2, 0) is 5.60 Å². The van der Waals surface area contributed by atoms with Crippen molar-refractivity contribution in [2.24, 2.45) is 0 Å². The lowest BCUT2D eigenvalue weighted by atomic mass is 9.87. The van der Waals surface area contributed by atoms with Gasteiger partial charge in [0.1, 0.15) is 0 Å². The van der Waals surface area contributed by atoms with Gasteiger partial charge in [0.25, 0.3) is 0 Å². The monoisotopic (exact) mass is 261 g/mol. The third-order valence-electron chi connectivity index (χ3n) is 3.04. The van der Waals surface area contributed by atoms with E-state index in [2.05, 4.69) is 5.32 Å². The normalized spacial score (nSPS) is 25.6. The molecule has 1 aromatic rings. The molecule has 90 valence electrons. The Hall–Kier alpha value is -0.280. The molecule has 0 aliphatic carbocycles. The molecular weight excluding hydrogens is 245 g/mol. The van der Waals surface area contributed by atoms with Gasteiger partial charge in [-0.3, -0.25) is 0 Å². The summed E-state index contributed by atoms with van der Waals surface area (Å²) in [5.74, 6) is 0. The Morgan fingerprint density at radius 3 is 2.50 bits per heavy atom. The fourth-order valence-corrected chi connectivity index (χ4v) is 2.23. The standard InChI is InChI=1S/C12H16ClNO.ClH/c13-11-4-2-10(3-5-11)12(15)6-1-8-14-9-7-12;/h2-5,14-15H,1,6-9H2;1H. The second-order valence-electron chi connectivity index (χ2n) is 4.14. The Kier molecular flexibility index (Phi) is 5.06. The maximum atomic E-state index is 10.5. The zero-order valence-electron chi connectivity index (χ0n) is 9.08. The molecule has 1 aromatic carbocycles. The zero-order valence-corrected chi connectivity index (χ0v) is 10.7. The van der Waals surface area contributed by atoms with Crippen LogP contribution in [-0.4, -0.2) is 18.2 Å². The van der Waals surface area contributed by atoms with Crippen LogP contribution in [0.5, 0.6) is 0 Å². The minimum atomic E-state index is -0.673. The third-order valence-corrected chi connectivity index (χ3v) is 3.29. The van der Waals surface area contributed by atoms with Crippen LogP contribution in [0.25, 0.3) is 0 Å². The molecule has 2 rings (SSSR count). The van der Waals surface area contributed by atoms with Gasteiger partial charge < -0.3 is 10.4 Å². The number of aliphatic hydroxyl groups is 1. The molecule has 4 heteroatoms. The van der Waals surface area contributed by atoms with Gasteiger partial charge in [-0.05, 0) is 50.0 Å². The highest BCUT2D eigenvalue weighted by Crippen LogP contribution is 2.31. The highest BCUT2D eigenvalue weighted by molar-refractivity contribution is 6.30. The molecule has 0 amide bonds. The first kappa shape index (κ1) is 13.8. The molecule has 1 fully saturated rings. The molecule has 0 bridgehead atoms. The molecule has 0 saturated carbocycles. The second-order valence-corrected chi connectivity index (χ2v) is 4.58. The number of benzene rings is 1. The van der Waals surface area contributed by atoms with Crippen molar-refractivity contribution < 1.29 is 5.11 Å². The van der Waals surface area contributed by atoms with E-state index in [9.17, 15) is 5.11 Å². The summed E-state index contributed by atoms with van der Waals surface area (Å²) in [4.78, 5) is 0. The minimum absolute atomic E-state index is 0. The van der Waals surface area contributed by atoms with Gasteiger partial charge in [0.05, 0.1) is 5.60 Å². The summed E-state index contributed by atoms with van der Waals surface area (Å²) in [7, 11) is 0. The van der Waals surface area contributed by atoms with Crippen molar-refractivity contribution in [3.05, 3.63) is 34.9 Å². The molecule has 0 radical (unpaired) electrons. The molecule has 1 saturated heterocycles. The molecule has 1 aliphatic heterocycles. The minimum Gasteiger partial charge on any atom is -0.385 e. The van der Waals surface area contributed by atoms with Crippen molar-refractivity contribution in [3.63, 3.8) is 0 Å². The van der Waals surface area contributed by atoms with E-state index >= 15 is 0 Å². The average Bonchev–Trinajstić information content (AvgIpc) is 2.45. The summed E-state index contributed by atoms with van der Waals surface area (Å²) in [6.07, 6.45) is 2.61. The number of hydrogen-bond donors (Lipinski definition) is 2. The van der Waals surface area contributed by atoms with Gasteiger partial charge in [-0.15, -0.1) is 12.4 Å². The van der Waals surface area contributed by atoms with E-state index in [1.807, 2.05) is 24.3 Å². The molecule has 1 aliphatic rings. The van der Waals surface area contributed by atoms with Crippen LogP contribution in [0.4, 0.5) is 0 Å². The molecule has 0 spiro atoms. The summed E-state index contributed by atoms with van der Waals surface area (Å²) >= 11 is 5.83. The van der Waals surface area contributed by atoms with E-state index in [0.717, 1.165) is 37.9 Å². The number of nitrogens with one attached hydrogen (secondary N) is 1. The van der Waals surface area contributed by atoms with Crippen molar-refractivity contribution >= 4 is 24.0 Å². The van der Waals surface area contributed by atoms with Crippen LogP contribution in [0.3, 0.4) is 0 Å². The van der Waals surface area contributed by atoms with Gasteiger partial charge in [-0.1, -0.05) is 23.7 Å². The SMILES string of the molecule is Cl.OC1(c2ccc(Cl)cc2)CCCNCC1. The van der Waals surface area contributed by atoms with E-state index in [1.165, 1.54) is 0 Å². The molecule has 16 heavy (non-hydrogen) atoms. The Morgan fingerprint density at radius 1 is 1.12 bits per heavy atom. The summed E-state index contributed by atoms with van der Waals surface area (Å²) in [6.45, 7) is 1.87. The fraction of sp³-hybridized carbons (Fsp3) is 0.500. The van der Waals surface area contributed by atoms with Crippen LogP contribution >= 0.6 is 24.0 Å². The fourth-order valence-electron chi connectivity index (χ4n) is 2.10. The average molecular weight is 262 g/mol. The maximum Gasteiger partial charge on any atom is 0.0909 e.